The number of aromatic nitrogens is 2. The number of hydrogen-bond donors (Lipinski definition) is 1. The topological polar surface area (TPSA) is 129 Å². The monoisotopic (exact) mass is 547 g/mol. The lowest BCUT2D eigenvalue weighted by atomic mass is 10.2. The van der Waals surface area contributed by atoms with Crippen molar-refractivity contribution >= 4 is 59.8 Å². The molecule has 1 heterocycles. The van der Waals surface area contributed by atoms with E-state index in [-0.39, 0.29) is 16.4 Å². The average Bonchev–Trinajstić information content (AvgIpc) is 3.01. The first-order valence-electron chi connectivity index (χ1n) is 8.62. The summed E-state index contributed by atoms with van der Waals surface area (Å²) in [4.78, 5) is 26.7. The summed E-state index contributed by atoms with van der Waals surface area (Å²) in [6.45, 7) is 0. The van der Waals surface area contributed by atoms with Crippen LogP contribution < -0.4 is 5.49 Å². The van der Waals surface area contributed by atoms with E-state index in [4.69, 9.17) is 0 Å². The van der Waals surface area contributed by atoms with E-state index in [1.165, 1.54) is 4.68 Å². The molecule has 31 heavy (non-hydrogen) atoms. The van der Waals surface area contributed by atoms with Gasteiger partial charge in [0.1, 0.15) is 10.9 Å². The van der Waals surface area contributed by atoms with E-state index in [0.29, 0.717) is 16.2 Å². The van der Waals surface area contributed by atoms with Crippen molar-refractivity contribution in [3.8, 4) is 5.69 Å². The molecule has 0 aliphatic heterocycles. The van der Waals surface area contributed by atoms with Crippen molar-refractivity contribution in [2.75, 3.05) is 0 Å². The van der Waals surface area contributed by atoms with Crippen LogP contribution in [-0.2, 0) is 0 Å². The second-order valence-corrected chi connectivity index (χ2v) is 8.19. The van der Waals surface area contributed by atoms with Gasteiger partial charge in [0, 0.05) is 15.0 Å². The third-order valence-corrected chi connectivity index (χ3v) is 5.51. The number of halogens is 2. The molecule has 0 fully saturated rings. The minimum Gasteiger partial charge on any atom is -0.412 e. The number of rotatable bonds is 4. The van der Waals surface area contributed by atoms with Gasteiger partial charge in [-0.1, -0.05) is 31.9 Å². The van der Waals surface area contributed by atoms with Crippen molar-refractivity contribution in [3.05, 3.63) is 95.3 Å². The van der Waals surface area contributed by atoms with Crippen molar-refractivity contribution < 1.29 is 15.1 Å². The molecule has 12 heteroatoms. The largest absolute Gasteiger partial charge is 0.412 e. The predicted octanol–water partition coefficient (Wildman–Crippen LogP) is 5.24. The quantitative estimate of drug-likeness (QED) is 0.212. The SMILES string of the molecule is O=[N+]([O-])c1cc([N+](=O)[O-])c2c(=Nc3ccc(Br)cc3)n(-c3ccc(Br)cc3)n(O)c2c1. The van der Waals surface area contributed by atoms with Gasteiger partial charge >= 0.3 is 0 Å². The first-order chi connectivity index (χ1) is 14.8. The van der Waals surface area contributed by atoms with Gasteiger partial charge in [0.05, 0.1) is 27.3 Å². The zero-order chi connectivity index (χ0) is 22.3. The van der Waals surface area contributed by atoms with Crippen LogP contribution in [0.25, 0.3) is 16.6 Å². The smallest absolute Gasteiger partial charge is 0.289 e. The molecule has 1 aromatic heterocycles. The number of nitro groups is 2. The molecule has 4 aromatic rings. The van der Waals surface area contributed by atoms with Crippen molar-refractivity contribution in [1.82, 2.24) is 9.53 Å². The Bertz CT molecular complexity index is 1410. The highest BCUT2D eigenvalue weighted by atomic mass is 79.9. The molecule has 0 aliphatic rings. The summed E-state index contributed by atoms with van der Waals surface area (Å²) in [7, 11) is 0. The normalized spacial score (nSPS) is 11.7. The lowest BCUT2D eigenvalue weighted by Crippen LogP contribution is -2.21. The van der Waals surface area contributed by atoms with Crippen molar-refractivity contribution in [2.24, 2.45) is 4.99 Å². The summed E-state index contributed by atoms with van der Waals surface area (Å²) in [6, 6.07) is 15.6. The standard InChI is InChI=1S/C19H11Br2N5O5/c20-11-1-5-13(6-2-11)22-19-18-16(9-15(25(28)29)10-17(18)26(30)31)24(27)23(19)14-7-3-12(21)4-8-14/h1-10,27H. The van der Waals surface area contributed by atoms with E-state index < -0.39 is 21.2 Å². The minimum absolute atomic E-state index is 0.0380. The maximum Gasteiger partial charge on any atom is 0.289 e. The molecule has 0 saturated carbocycles. The maximum atomic E-state index is 11.8. The van der Waals surface area contributed by atoms with Crippen LogP contribution in [0.3, 0.4) is 0 Å². The van der Waals surface area contributed by atoms with Crippen LogP contribution in [0.15, 0.2) is 74.6 Å². The molecule has 0 spiro atoms. The molecule has 156 valence electrons. The fourth-order valence-corrected chi connectivity index (χ4v) is 3.62. The number of non-ortho nitro benzene ring substituents is 2. The molecule has 3 aromatic carbocycles. The van der Waals surface area contributed by atoms with Crippen LogP contribution in [0.1, 0.15) is 0 Å². The third kappa shape index (κ3) is 3.82. The molecule has 0 amide bonds. The Morgan fingerprint density at radius 1 is 0.871 bits per heavy atom. The van der Waals surface area contributed by atoms with Gasteiger partial charge in [-0.05, 0) is 48.5 Å². The van der Waals surface area contributed by atoms with Gasteiger partial charge in [-0.15, -0.1) is 4.85 Å². The highest BCUT2D eigenvalue weighted by molar-refractivity contribution is 9.10. The summed E-state index contributed by atoms with van der Waals surface area (Å²) in [5.74, 6) is 0. The highest BCUT2D eigenvalue weighted by Gasteiger charge is 2.27. The average molecular weight is 549 g/mol. The van der Waals surface area contributed by atoms with E-state index in [1.807, 2.05) is 0 Å². The molecule has 0 bridgehead atoms. The first-order valence-corrected chi connectivity index (χ1v) is 10.2. The molecule has 0 radical (unpaired) electrons. The minimum atomic E-state index is -0.755. The third-order valence-electron chi connectivity index (χ3n) is 4.45. The summed E-state index contributed by atoms with van der Waals surface area (Å²) >= 11 is 6.67. The van der Waals surface area contributed by atoms with E-state index in [9.17, 15) is 25.4 Å². The Hall–Kier alpha value is -3.51. The molecular weight excluding hydrogens is 538 g/mol. The van der Waals surface area contributed by atoms with Crippen LogP contribution in [-0.4, -0.2) is 24.6 Å². The molecule has 0 aliphatic carbocycles. The van der Waals surface area contributed by atoms with Gasteiger partial charge in [-0.25, -0.2) is 9.67 Å². The fraction of sp³-hybridized carbons (Fsp3) is 0. The van der Waals surface area contributed by atoms with Gasteiger partial charge in [-0.3, -0.25) is 20.2 Å². The lowest BCUT2D eigenvalue weighted by Gasteiger charge is -2.07. The number of benzene rings is 3. The fourth-order valence-electron chi connectivity index (χ4n) is 3.09. The predicted molar refractivity (Wildman–Crippen MR) is 119 cm³/mol. The second-order valence-electron chi connectivity index (χ2n) is 6.36. The van der Waals surface area contributed by atoms with Crippen molar-refractivity contribution in [3.63, 3.8) is 0 Å². The Morgan fingerprint density at radius 3 is 2.00 bits per heavy atom. The van der Waals surface area contributed by atoms with Crippen LogP contribution in [0, 0.1) is 20.2 Å². The Balaban J connectivity index is 2.19. The van der Waals surface area contributed by atoms with Gasteiger partial charge < -0.3 is 5.21 Å². The van der Waals surface area contributed by atoms with E-state index in [2.05, 4.69) is 36.9 Å². The van der Waals surface area contributed by atoms with Gasteiger partial charge in [-0.2, -0.15) is 0 Å². The van der Waals surface area contributed by atoms with Crippen LogP contribution >= 0.6 is 31.9 Å². The van der Waals surface area contributed by atoms with E-state index >= 15 is 0 Å². The van der Waals surface area contributed by atoms with E-state index in [0.717, 1.165) is 21.1 Å². The maximum absolute atomic E-state index is 11.8. The Kier molecular flexibility index (Phi) is 5.33. The molecule has 0 atom stereocenters. The van der Waals surface area contributed by atoms with Crippen LogP contribution in [0.4, 0.5) is 17.1 Å². The number of nitrogens with zero attached hydrogens (tertiary/aromatic N) is 5. The highest BCUT2D eigenvalue weighted by Crippen LogP contribution is 2.30. The van der Waals surface area contributed by atoms with Crippen LogP contribution in [0.5, 0.6) is 0 Å². The lowest BCUT2D eigenvalue weighted by molar-refractivity contribution is -0.393. The molecule has 4 rings (SSSR count). The number of hydrogen-bond acceptors (Lipinski definition) is 6. The molecule has 0 unspecified atom stereocenters. The summed E-state index contributed by atoms with van der Waals surface area (Å²) in [5, 5.41) is 33.9. The summed E-state index contributed by atoms with van der Waals surface area (Å²) in [5.41, 5.74) is -0.240. The zero-order valence-electron chi connectivity index (χ0n) is 15.3. The molecule has 10 nitrogen and oxygen atoms in total. The van der Waals surface area contributed by atoms with Crippen LogP contribution in [0.2, 0.25) is 0 Å². The summed E-state index contributed by atoms with van der Waals surface area (Å²) < 4.78 is 2.85. The van der Waals surface area contributed by atoms with Gasteiger partial charge in [0.2, 0.25) is 0 Å². The molecule has 0 saturated heterocycles. The second kappa shape index (κ2) is 7.96. The first kappa shape index (κ1) is 20.8. The zero-order valence-corrected chi connectivity index (χ0v) is 18.5. The van der Waals surface area contributed by atoms with Gasteiger partial charge in [0.25, 0.3) is 11.4 Å². The van der Waals surface area contributed by atoms with Gasteiger partial charge in [0.15, 0.2) is 5.49 Å². The summed E-state index contributed by atoms with van der Waals surface area (Å²) in [6.07, 6.45) is 0. The van der Waals surface area contributed by atoms with Crippen molar-refractivity contribution in [2.45, 2.75) is 0 Å². The molecule has 1 N–H and O–H groups in total. The number of fused-ring (bicyclic) bond motifs is 1. The number of nitro benzene ring substituents is 2. The van der Waals surface area contributed by atoms with Crippen molar-refractivity contribution in [1.29, 1.82) is 0 Å². The Labute approximate surface area is 190 Å². The molecular formula is C19H11Br2N5O5. The Morgan fingerprint density at radius 2 is 1.45 bits per heavy atom. The van der Waals surface area contributed by atoms with E-state index in [1.54, 1.807) is 48.5 Å².